The average molecular weight is 688 g/mol. The van der Waals surface area contributed by atoms with E-state index in [0.717, 1.165) is 45.1 Å². The van der Waals surface area contributed by atoms with Crippen LogP contribution < -0.4 is 14.4 Å². The van der Waals surface area contributed by atoms with Crippen LogP contribution in [0.3, 0.4) is 0 Å². The first-order valence-corrected chi connectivity index (χ1v) is 16.5. The number of hydrogen-bond acceptors (Lipinski definition) is 9. The SMILES string of the molecule is COc1ccc(/C(=C/c2ccc(N(c3ccc(C)cc3)c3ccc(C)cc3)cc2)c2ccc(OC(=O)OCCOCCOOC(C)=O)cc2)cc1. The second-order valence-electron chi connectivity index (χ2n) is 11.6. The third-order valence-corrected chi connectivity index (χ3v) is 7.75. The van der Waals surface area contributed by atoms with Gasteiger partial charge in [0, 0.05) is 24.0 Å². The zero-order valence-electron chi connectivity index (χ0n) is 29.2. The predicted molar refractivity (Wildman–Crippen MR) is 198 cm³/mol. The van der Waals surface area contributed by atoms with E-state index in [2.05, 4.69) is 107 Å². The molecule has 0 saturated carbocycles. The van der Waals surface area contributed by atoms with Crippen LogP contribution in [0.1, 0.15) is 34.7 Å². The Bertz CT molecular complexity index is 1840. The Balaban J connectivity index is 1.31. The van der Waals surface area contributed by atoms with Crippen molar-refractivity contribution in [3.63, 3.8) is 0 Å². The number of aryl methyl sites for hydroxylation is 2. The lowest BCUT2D eigenvalue weighted by Gasteiger charge is -2.26. The van der Waals surface area contributed by atoms with E-state index >= 15 is 0 Å². The standard InChI is InChI=1S/C42H41NO8/c1-30-5-15-36(16-6-30)43(37-17-7-31(2)8-18-37)38-19-9-33(10-20-38)29-41(34-11-21-39(46-4)22-12-34)35-13-23-40(24-14-35)50-42(45)48-27-25-47-26-28-49-51-32(3)44/h5-24,29H,25-28H2,1-4H3/b41-29-. The lowest BCUT2D eigenvalue weighted by atomic mass is 9.95. The van der Waals surface area contributed by atoms with Gasteiger partial charge in [-0.25, -0.2) is 9.59 Å². The summed E-state index contributed by atoms with van der Waals surface area (Å²) in [6.45, 7) is 5.76. The quantitative estimate of drug-likeness (QED) is 0.0267. The summed E-state index contributed by atoms with van der Waals surface area (Å²) in [5, 5.41) is 0. The topological polar surface area (TPSA) is 92.8 Å². The summed E-state index contributed by atoms with van der Waals surface area (Å²) >= 11 is 0. The summed E-state index contributed by atoms with van der Waals surface area (Å²) in [4.78, 5) is 34.1. The third-order valence-electron chi connectivity index (χ3n) is 7.75. The molecule has 9 nitrogen and oxygen atoms in total. The molecule has 0 fully saturated rings. The van der Waals surface area contributed by atoms with Gasteiger partial charge in [0.2, 0.25) is 0 Å². The number of rotatable bonds is 15. The molecule has 0 N–H and O–H groups in total. The maximum atomic E-state index is 12.2. The molecule has 0 radical (unpaired) electrons. The van der Waals surface area contributed by atoms with Crippen molar-refractivity contribution in [1.82, 2.24) is 0 Å². The molecule has 0 spiro atoms. The second-order valence-corrected chi connectivity index (χ2v) is 11.6. The smallest absolute Gasteiger partial charge is 0.497 e. The van der Waals surface area contributed by atoms with E-state index in [1.165, 1.54) is 18.1 Å². The van der Waals surface area contributed by atoms with Gasteiger partial charge in [-0.2, -0.15) is 4.89 Å². The van der Waals surface area contributed by atoms with Gasteiger partial charge < -0.3 is 23.8 Å². The van der Waals surface area contributed by atoms with Gasteiger partial charge >= 0.3 is 12.1 Å². The number of hydrogen-bond donors (Lipinski definition) is 0. The van der Waals surface area contributed by atoms with E-state index in [-0.39, 0.29) is 26.4 Å². The monoisotopic (exact) mass is 687 g/mol. The molecule has 262 valence electrons. The highest BCUT2D eigenvalue weighted by Gasteiger charge is 2.14. The van der Waals surface area contributed by atoms with Gasteiger partial charge in [-0.05, 0) is 103 Å². The number of benzene rings is 5. The van der Waals surface area contributed by atoms with Crippen molar-refractivity contribution in [2.24, 2.45) is 0 Å². The highest BCUT2D eigenvalue weighted by Crippen LogP contribution is 2.36. The van der Waals surface area contributed by atoms with E-state index in [4.69, 9.17) is 18.9 Å². The molecule has 5 aromatic carbocycles. The molecule has 0 amide bonds. The Morgan fingerprint density at radius 2 is 1.10 bits per heavy atom. The molecule has 0 heterocycles. The summed E-state index contributed by atoms with van der Waals surface area (Å²) in [6.07, 6.45) is 1.29. The molecule has 0 aromatic heterocycles. The van der Waals surface area contributed by atoms with Gasteiger partial charge in [-0.3, -0.25) is 4.89 Å². The van der Waals surface area contributed by atoms with Crippen LogP contribution in [0.15, 0.2) is 121 Å². The molecular weight excluding hydrogens is 646 g/mol. The molecule has 0 aliphatic heterocycles. The van der Waals surface area contributed by atoms with Crippen molar-refractivity contribution in [1.29, 1.82) is 0 Å². The highest BCUT2D eigenvalue weighted by molar-refractivity contribution is 5.92. The number of nitrogens with zero attached hydrogens (tertiary/aromatic N) is 1. The fourth-order valence-electron chi connectivity index (χ4n) is 5.16. The number of carbonyl (C=O) groups is 2. The third kappa shape index (κ3) is 10.8. The fraction of sp³-hybridized carbons (Fsp3) is 0.190. The van der Waals surface area contributed by atoms with E-state index in [1.54, 1.807) is 19.2 Å². The number of ether oxygens (including phenoxy) is 4. The second kappa shape index (κ2) is 18.2. The summed E-state index contributed by atoms with van der Waals surface area (Å²) in [5.41, 5.74) is 9.52. The Morgan fingerprint density at radius 3 is 1.61 bits per heavy atom. The molecule has 0 saturated heterocycles. The molecule has 5 rings (SSSR count). The summed E-state index contributed by atoms with van der Waals surface area (Å²) in [5.74, 6) is 0.551. The minimum absolute atomic E-state index is 0.0125. The Morgan fingerprint density at radius 1 is 0.608 bits per heavy atom. The molecule has 9 heteroatoms. The fourth-order valence-corrected chi connectivity index (χ4v) is 5.16. The van der Waals surface area contributed by atoms with Gasteiger partial charge in [0.25, 0.3) is 0 Å². The van der Waals surface area contributed by atoms with Crippen molar-refractivity contribution < 1.29 is 38.3 Å². The van der Waals surface area contributed by atoms with Crippen molar-refractivity contribution >= 4 is 40.8 Å². The first-order valence-electron chi connectivity index (χ1n) is 16.5. The normalized spacial score (nSPS) is 11.1. The minimum Gasteiger partial charge on any atom is -0.497 e. The van der Waals surface area contributed by atoms with Crippen LogP contribution in [0, 0.1) is 13.8 Å². The first-order chi connectivity index (χ1) is 24.8. The first kappa shape index (κ1) is 36.4. The largest absolute Gasteiger partial charge is 0.513 e. The average Bonchev–Trinajstić information content (AvgIpc) is 3.14. The lowest BCUT2D eigenvalue weighted by molar-refractivity contribution is -0.274. The molecule has 5 aromatic rings. The highest BCUT2D eigenvalue weighted by atomic mass is 17.2. The molecule has 51 heavy (non-hydrogen) atoms. The summed E-state index contributed by atoms with van der Waals surface area (Å²) < 4.78 is 21.1. The number of carbonyl (C=O) groups excluding carboxylic acids is 2. The van der Waals surface area contributed by atoms with Crippen molar-refractivity contribution in [2.45, 2.75) is 20.8 Å². The summed E-state index contributed by atoms with van der Waals surface area (Å²) in [7, 11) is 1.64. The zero-order chi connectivity index (χ0) is 36.0. The van der Waals surface area contributed by atoms with Gasteiger partial charge in [-0.15, -0.1) is 0 Å². The Hall–Kier alpha value is -5.90. The van der Waals surface area contributed by atoms with Crippen LogP contribution >= 0.6 is 0 Å². The van der Waals surface area contributed by atoms with E-state index in [0.29, 0.717) is 5.75 Å². The predicted octanol–water partition coefficient (Wildman–Crippen LogP) is 9.40. The maximum Gasteiger partial charge on any atom is 0.513 e. The minimum atomic E-state index is -0.848. The van der Waals surface area contributed by atoms with Crippen LogP contribution in [0.5, 0.6) is 11.5 Å². The molecule has 0 aliphatic carbocycles. The van der Waals surface area contributed by atoms with Gasteiger partial charge in [0.05, 0.1) is 20.3 Å². The van der Waals surface area contributed by atoms with Gasteiger partial charge in [0.15, 0.2) is 0 Å². The number of anilines is 3. The molecular formula is C42H41NO8. The number of methoxy groups -OCH3 is 1. The molecule has 0 aliphatic rings. The molecule has 0 bridgehead atoms. The van der Waals surface area contributed by atoms with Crippen LogP contribution in [0.4, 0.5) is 21.9 Å². The maximum absolute atomic E-state index is 12.2. The van der Waals surface area contributed by atoms with Crippen molar-refractivity contribution in [2.75, 3.05) is 38.4 Å². The zero-order valence-corrected chi connectivity index (χ0v) is 29.2. The van der Waals surface area contributed by atoms with Crippen LogP contribution in [0.2, 0.25) is 0 Å². The van der Waals surface area contributed by atoms with E-state index < -0.39 is 12.1 Å². The van der Waals surface area contributed by atoms with Crippen LogP contribution in [0.25, 0.3) is 11.6 Å². The Kier molecular flexibility index (Phi) is 13.0. The van der Waals surface area contributed by atoms with Gasteiger partial charge in [-0.1, -0.05) is 71.8 Å². The van der Waals surface area contributed by atoms with Gasteiger partial charge in [0.1, 0.15) is 24.7 Å². The summed E-state index contributed by atoms with van der Waals surface area (Å²) in [6, 6.07) is 40.7. The molecule has 0 unspecified atom stereocenters. The van der Waals surface area contributed by atoms with Crippen molar-refractivity contribution in [3.8, 4) is 11.5 Å². The van der Waals surface area contributed by atoms with Crippen LogP contribution in [-0.4, -0.2) is 45.7 Å². The van der Waals surface area contributed by atoms with Crippen LogP contribution in [-0.2, 0) is 24.0 Å². The lowest BCUT2D eigenvalue weighted by Crippen LogP contribution is -2.16. The van der Waals surface area contributed by atoms with E-state index in [1.807, 2.05) is 36.4 Å². The van der Waals surface area contributed by atoms with E-state index in [9.17, 15) is 9.59 Å². The Labute approximate surface area is 298 Å². The van der Waals surface area contributed by atoms with Crippen molar-refractivity contribution in [3.05, 3.63) is 149 Å². The molecule has 0 atom stereocenters.